The normalized spacial score (nSPS) is 10.6. The van der Waals surface area contributed by atoms with Crippen LogP contribution in [0.2, 0.25) is 0 Å². The number of aliphatic imine (C=N–C) groups is 1. The van der Waals surface area contributed by atoms with Crippen LogP contribution >= 0.6 is 24.0 Å². The molecule has 0 bridgehead atoms. The van der Waals surface area contributed by atoms with Crippen molar-refractivity contribution < 1.29 is 9.47 Å². The van der Waals surface area contributed by atoms with Crippen LogP contribution in [-0.4, -0.2) is 31.7 Å². The highest BCUT2D eigenvalue weighted by Gasteiger charge is 2.06. The van der Waals surface area contributed by atoms with Gasteiger partial charge in [0.05, 0.1) is 19.9 Å². The van der Waals surface area contributed by atoms with E-state index in [1.54, 1.807) is 26.5 Å². The predicted octanol–water partition coefficient (Wildman–Crippen LogP) is 2.69. The smallest absolute Gasteiger partial charge is 0.193 e. The molecule has 0 unspecified atom stereocenters. The van der Waals surface area contributed by atoms with Crippen molar-refractivity contribution >= 4 is 35.6 Å². The summed E-state index contributed by atoms with van der Waals surface area (Å²) >= 11 is 0. The van der Waals surface area contributed by atoms with Crippen LogP contribution in [0, 0.1) is 0 Å². The number of guanidine groups is 1. The van der Waals surface area contributed by atoms with Crippen LogP contribution in [-0.2, 0) is 6.42 Å². The van der Waals surface area contributed by atoms with Gasteiger partial charge in [-0.05, 0) is 24.3 Å². The van der Waals surface area contributed by atoms with Gasteiger partial charge in [0.15, 0.2) is 5.96 Å². The quantitative estimate of drug-likeness (QED) is 0.420. The molecule has 2 rings (SSSR count). The number of anilines is 1. The van der Waals surface area contributed by atoms with E-state index in [1.807, 2.05) is 30.3 Å². The molecule has 0 amide bonds. The minimum Gasteiger partial charge on any atom is -0.497 e. The maximum absolute atomic E-state index is 5.91. The Hall–Kier alpha value is -2.03. The molecule has 0 saturated carbocycles. The molecule has 0 aliphatic rings. The first-order valence-electron chi connectivity index (χ1n) is 6.92. The number of aromatic nitrogens is 1. The standard InChI is InChI=1S/C16H20N4O2.HI/c1-21-13-6-7-15(22-2)14(11-13)20-16(17)19-10-8-12-5-3-4-9-18-12;/h3-7,9,11H,8,10H2,1-2H3,(H3,17,19,20);1H. The highest BCUT2D eigenvalue weighted by molar-refractivity contribution is 14.0. The Bertz CT molecular complexity index is 635. The molecule has 2 aromatic rings. The average molecular weight is 428 g/mol. The molecule has 1 aromatic carbocycles. The van der Waals surface area contributed by atoms with Crippen molar-refractivity contribution in [2.75, 3.05) is 26.1 Å². The molecule has 0 aliphatic heterocycles. The van der Waals surface area contributed by atoms with Crippen molar-refractivity contribution in [2.45, 2.75) is 6.42 Å². The minimum absolute atomic E-state index is 0. The van der Waals surface area contributed by atoms with E-state index in [0.29, 0.717) is 29.7 Å². The van der Waals surface area contributed by atoms with E-state index < -0.39 is 0 Å². The van der Waals surface area contributed by atoms with Crippen molar-refractivity contribution in [1.29, 1.82) is 0 Å². The fourth-order valence-electron chi connectivity index (χ4n) is 1.93. The number of benzene rings is 1. The topological polar surface area (TPSA) is 81.8 Å². The van der Waals surface area contributed by atoms with E-state index in [2.05, 4.69) is 15.3 Å². The Morgan fingerprint density at radius 1 is 1.22 bits per heavy atom. The van der Waals surface area contributed by atoms with E-state index >= 15 is 0 Å². The van der Waals surface area contributed by atoms with Gasteiger partial charge in [-0.1, -0.05) is 6.07 Å². The summed E-state index contributed by atoms with van der Waals surface area (Å²) in [6, 6.07) is 11.2. The van der Waals surface area contributed by atoms with Gasteiger partial charge < -0.3 is 20.5 Å². The lowest BCUT2D eigenvalue weighted by Gasteiger charge is -2.12. The molecule has 7 heteroatoms. The summed E-state index contributed by atoms with van der Waals surface area (Å²) < 4.78 is 10.5. The first-order valence-corrected chi connectivity index (χ1v) is 6.92. The lowest BCUT2D eigenvalue weighted by molar-refractivity contribution is 0.405. The molecule has 0 spiro atoms. The molecule has 124 valence electrons. The summed E-state index contributed by atoms with van der Waals surface area (Å²) in [5, 5.41) is 3.02. The zero-order valence-corrected chi connectivity index (χ0v) is 15.5. The molecular formula is C16H21IN4O2. The van der Waals surface area contributed by atoms with Gasteiger partial charge in [-0.3, -0.25) is 9.98 Å². The van der Waals surface area contributed by atoms with Gasteiger partial charge in [0.1, 0.15) is 11.5 Å². The third kappa shape index (κ3) is 5.93. The SMILES string of the molecule is COc1ccc(OC)c(NC(N)=NCCc2ccccn2)c1.I. The van der Waals surface area contributed by atoms with Gasteiger partial charge in [0, 0.05) is 30.9 Å². The van der Waals surface area contributed by atoms with Gasteiger partial charge in [0.25, 0.3) is 0 Å². The third-order valence-corrected chi connectivity index (χ3v) is 3.05. The molecule has 3 N–H and O–H groups in total. The minimum atomic E-state index is 0. The number of hydrogen-bond acceptors (Lipinski definition) is 4. The summed E-state index contributed by atoms with van der Waals surface area (Å²) in [6.07, 6.45) is 2.50. The van der Waals surface area contributed by atoms with Crippen molar-refractivity contribution in [1.82, 2.24) is 4.98 Å². The lowest BCUT2D eigenvalue weighted by atomic mass is 10.2. The number of hydrogen-bond donors (Lipinski definition) is 2. The van der Waals surface area contributed by atoms with Gasteiger partial charge in [-0.25, -0.2) is 0 Å². The zero-order chi connectivity index (χ0) is 15.8. The summed E-state index contributed by atoms with van der Waals surface area (Å²) in [4.78, 5) is 8.54. The van der Waals surface area contributed by atoms with E-state index in [4.69, 9.17) is 15.2 Å². The highest BCUT2D eigenvalue weighted by Crippen LogP contribution is 2.28. The summed E-state index contributed by atoms with van der Waals surface area (Å²) in [5.74, 6) is 1.70. The van der Waals surface area contributed by atoms with E-state index in [0.717, 1.165) is 12.1 Å². The number of ether oxygens (including phenoxy) is 2. The van der Waals surface area contributed by atoms with Crippen molar-refractivity contribution in [3.63, 3.8) is 0 Å². The summed E-state index contributed by atoms with van der Waals surface area (Å²) in [6.45, 7) is 0.558. The molecule has 23 heavy (non-hydrogen) atoms. The van der Waals surface area contributed by atoms with Crippen molar-refractivity contribution in [3.8, 4) is 11.5 Å². The average Bonchev–Trinajstić information content (AvgIpc) is 2.55. The maximum Gasteiger partial charge on any atom is 0.193 e. The van der Waals surface area contributed by atoms with E-state index in [9.17, 15) is 0 Å². The number of methoxy groups -OCH3 is 2. The predicted molar refractivity (Wildman–Crippen MR) is 103 cm³/mol. The molecule has 0 radical (unpaired) electrons. The first-order chi connectivity index (χ1) is 10.7. The molecule has 1 heterocycles. The number of halogens is 1. The highest BCUT2D eigenvalue weighted by atomic mass is 127. The Morgan fingerprint density at radius 2 is 2.04 bits per heavy atom. The van der Waals surface area contributed by atoms with E-state index in [1.165, 1.54) is 0 Å². The van der Waals surface area contributed by atoms with Crippen molar-refractivity contribution in [3.05, 3.63) is 48.3 Å². The number of nitrogens with zero attached hydrogens (tertiary/aromatic N) is 2. The van der Waals surface area contributed by atoms with Crippen LogP contribution in [0.5, 0.6) is 11.5 Å². The molecule has 0 saturated heterocycles. The Balaban J connectivity index is 0.00000264. The van der Waals surface area contributed by atoms with Gasteiger partial charge in [-0.15, -0.1) is 24.0 Å². The largest absolute Gasteiger partial charge is 0.497 e. The van der Waals surface area contributed by atoms with Crippen LogP contribution in [0.3, 0.4) is 0 Å². The summed E-state index contributed by atoms with van der Waals surface area (Å²) in [7, 11) is 3.21. The fraction of sp³-hybridized carbons (Fsp3) is 0.250. The monoisotopic (exact) mass is 428 g/mol. The van der Waals surface area contributed by atoms with Crippen LogP contribution in [0.1, 0.15) is 5.69 Å². The Kier molecular flexibility index (Phi) is 8.17. The van der Waals surface area contributed by atoms with Crippen LogP contribution in [0.15, 0.2) is 47.6 Å². The van der Waals surface area contributed by atoms with Crippen LogP contribution in [0.4, 0.5) is 5.69 Å². The summed E-state index contributed by atoms with van der Waals surface area (Å²) in [5.41, 5.74) is 7.60. The third-order valence-electron chi connectivity index (χ3n) is 3.05. The second kappa shape index (κ2) is 9.88. The van der Waals surface area contributed by atoms with Crippen LogP contribution < -0.4 is 20.5 Å². The Labute approximate surface area is 153 Å². The fourth-order valence-corrected chi connectivity index (χ4v) is 1.93. The molecule has 0 aliphatic carbocycles. The van der Waals surface area contributed by atoms with Gasteiger partial charge in [0.2, 0.25) is 0 Å². The van der Waals surface area contributed by atoms with Crippen molar-refractivity contribution in [2.24, 2.45) is 10.7 Å². The maximum atomic E-state index is 5.91. The van der Waals surface area contributed by atoms with Gasteiger partial charge in [-0.2, -0.15) is 0 Å². The van der Waals surface area contributed by atoms with E-state index in [-0.39, 0.29) is 24.0 Å². The molecule has 6 nitrogen and oxygen atoms in total. The zero-order valence-electron chi connectivity index (χ0n) is 13.2. The molecule has 0 atom stereocenters. The number of rotatable bonds is 6. The van der Waals surface area contributed by atoms with Gasteiger partial charge >= 0.3 is 0 Å². The second-order valence-electron chi connectivity index (χ2n) is 4.53. The number of nitrogens with one attached hydrogen (secondary N) is 1. The molecule has 0 fully saturated rings. The second-order valence-corrected chi connectivity index (χ2v) is 4.53. The van der Waals surface area contributed by atoms with Crippen LogP contribution in [0.25, 0.3) is 0 Å². The molecular weight excluding hydrogens is 407 g/mol. The number of nitrogens with two attached hydrogens (primary N) is 1. The number of pyridine rings is 1. The molecule has 1 aromatic heterocycles. The Morgan fingerprint density at radius 3 is 2.70 bits per heavy atom. The lowest BCUT2D eigenvalue weighted by Crippen LogP contribution is -2.23. The first kappa shape index (κ1) is 19.0.